The maximum Gasteiger partial charge on any atom is 0.0946 e. The second kappa shape index (κ2) is 3.72. The molecule has 0 amide bonds. The van der Waals surface area contributed by atoms with E-state index in [0.29, 0.717) is 6.54 Å². The van der Waals surface area contributed by atoms with Crippen LogP contribution in [0.25, 0.3) is 0 Å². The molecule has 1 aromatic rings. The standard InChI is InChI=1S/C9H14N2OS/c12-9(1-5-13-6-2-9)7-11-4-3-10-8-11/h3-4,8,12H,1-2,5-7H2. The molecule has 0 unspecified atom stereocenters. The van der Waals surface area contributed by atoms with Gasteiger partial charge in [0, 0.05) is 12.4 Å². The summed E-state index contributed by atoms with van der Waals surface area (Å²) >= 11 is 1.92. The fraction of sp³-hybridized carbons (Fsp3) is 0.667. The minimum atomic E-state index is -0.494. The maximum atomic E-state index is 10.2. The third-order valence-electron chi connectivity index (χ3n) is 2.46. The van der Waals surface area contributed by atoms with Crippen LogP contribution in [0.3, 0.4) is 0 Å². The molecule has 0 bridgehead atoms. The molecule has 2 rings (SSSR count). The van der Waals surface area contributed by atoms with Gasteiger partial charge in [0.1, 0.15) is 0 Å². The predicted molar refractivity (Wildman–Crippen MR) is 53.7 cm³/mol. The van der Waals surface area contributed by atoms with Gasteiger partial charge >= 0.3 is 0 Å². The molecule has 0 spiro atoms. The van der Waals surface area contributed by atoms with Crippen LogP contribution in [0.2, 0.25) is 0 Å². The van der Waals surface area contributed by atoms with E-state index < -0.39 is 5.60 Å². The Morgan fingerprint density at radius 3 is 2.85 bits per heavy atom. The number of hydrogen-bond donors (Lipinski definition) is 1. The van der Waals surface area contributed by atoms with Crippen molar-refractivity contribution in [3.63, 3.8) is 0 Å². The highest BCUT2D eigenvalue weighted by Gasteiger charge is 2.29. The van der Waals surface area contributed by atoms with Gasteiger partial charge in [-0.05, 0) is 24.3 Å². The fourth-order valence-electron chi connectivity index (χ4n) is 1.63. The molecule has 1 aromatic heterocycles. The lowest BCUT2D eigenvalue weighted by Crippen LogP contribution is -2.37. The Kier molecular flexibility index (Phi) is 2.60. The molecule has 1 fully saturated rings. The van der Waals surface area contributed by atoms with E-state index in [4.69, 9.17) is 0 Å². The summed E-state index contributed by atoms with van der Waals surface area (Å²) in [5.74, 6) is 2.15. The lowest BCUT2D eigenvalue weighted by molar-refractivity contribution is 0.0148. The number of hydrogen-bond acceptors (Lipinski definition) is 3. The van der Waals surface area contributed by atoms with Crippen molar-refractivity contribution in [3.8, 4) is 0 Å². The Morgan fingerprint density at radius 1 is 1.46 bits per heavy atom. The van der Waals surface area contributed by atoms with Crippen LogP contribution in [0.15, 0.2) is 18.7 Å². The SMILES string of the molecule is OC1(Cn2ccnc2)CCSCC1. The van der Waals surface area contributed by atoms with Crippen LogP contribution in [0.1, 0.15) is 12.8 Å². The van der Waals surface area contributed by atoms with Gasteiger partial charge in [-0.1, -0.05) is 0 Å². The van der Waals surface area contributed by atoms with Crippen molar-refractivity contribution < 1.29 is 5.11 Å². The van der Waals surface area contributed by atoms with Gasteiger partial charge < -0.3 is 9.67 Å². The highest BCUT2D eigenvalue weighted by atomic mass is 32.2. The van der Waals surface area contributed by atoms with Crippen molar-refractivity contribution in [2.45, 2.75) is 25.0 Å². The van der Waals surface area contributed by atoms with E-state index in [1.54, 1.807) is 12.5 Å². The van der Waals surface area contributed by atoms with Crippen LogP contribution in [-0.4, -0.2) is 31.8 Å². The van der Waals surface area contributed by atoms with Crippen LogP contribution in [0.4, 0.5) is 0 Å². The second-order valence-electron chi connectivity index (χ2n) is 3.57. The van der Waals surface area contributed by atoms with Gasteiger partial charge in [0.05, 0.1) is 18.5 Å². The Balaban J connectivity index is 1.99. The number of rotatable bonds is 2. The van der Waals surface area contributed by atoms with Gasteiger partial charge in [0.25, 0.3) is 0 Å². The van der Waals surface area contributed by atoms with Gasteiger partial charge in [0.15, 0.2) is 0 Å². The summed E-state index contributed by atoms with van der Waals surface area (Å²) in [6.07, 6.45) is 7.21. The van der Waals surface area contributed by atoms with E-state index in [1.807, 2.05) is 22.5 Å². The number of imidazole rings is 1. The van der Waals surface area contributed by atoms with Gasteiger partial charge in [-0.3, -0.25) is 0 Å². The molecule has 1 aliphatic heterocycles. The quantitative estimate of drug-likeness (QED) is 0.774. The summed E-state index contributed by atoms with van der Waals surface area (Å²) < 4.78 is 1.95. The Bertz CT molecular complexity index is 255. The number of thioether (sulfide) groups is 1. The van der Waals surface area contributed by atoms with E-state index >= 15 is 0 Å². The largest absolute Gasteiger partial charge is 0.388 e. The van der Waals surface area contributed by atoms with Crippen molar-refractivity contribution in [2.75, 3.05) is 11.5 Å². The molecule has 72 valence electrons. The second-order valence-corrected chi connectivity index (χ2v) is 4.80. The summed E-state index contributed by atoms with van der Waals surface area (Å²) in [4.78, 5) is 3.97. The molecule has 1 N–H and O–H groups in total. The van der Waals surface area contributed by atoms with Crippen molar-refractivity contribution in [3.05, 3.63) is 18.7 Å². The average molecular weight is 198 g/mol. The first-order valence-corrected chi connectivity index (χ1v) is 5.70. The molecule has 1 aliphatic rings. The van der Waals surface area contributed by atoms with Crippen LogP contribution in [-0.2, 0) is 6.54 Å². The van der Waals surface area contributed by atoms with E-state index in [0.717, 1.165) is 24.3 Å². The van der Waals surface area contributed by atoms with E-state index in [-0.39, 0.29) is 0 Å². The van der Waals surface area contributed by atoms with Crippen LogP contribution in [0.5, 0.6) is 0 Å². The van der Waals surface area contributed by atoms with Crippen LogP contribution >= 0.6 is 11.8 Å². The molecule has 0 aromatic carbocycles. The molecule has 1 saturated heterocycles. The number of nitrogens with zero attached hydrogens (tertiary/aromatic N) is 2. The van der Waals surface area contributed by atoms with Gasteiger partial charge in [-0.15, -0.1) is 0 Å². The van der Waals surface area contributed by atoms with Gasteiger partial charge in [0.2, 0.25) is 0 Å². The summed E-state index contributed by atoms with van der Waals surface area (Å²) in [5, 5.41) is 10.2. The molecule has 0 aliphatic carbocycles. The molecular formula is C9H14N2OS. The predicted octanol–water partition coefficient (Wildman–Crippen LogP) is 1.14. The molecule has 0 atom stereocenters. The smallest absolute Gasteiger partial charge is 0.0946 e. The van der Waals surface area contributed by atoms with Gasteiger partial charge in [-0.2, -0.15) is 11.8 Å². The molecule has 0 saturated carbocycles. The lowest BCUT2D eigenvalue weighted by Gasteiger charge is -2.31. The molecule has 4 heteroatoms. The van der Waals surface area contributed by atoms with Crippen molar-refractivity contribution >= 4 is 11.8 Å². The molecule has 2 heterocycles. The third kappa shape index (κ3) is 2.25. The van der Waals surface area contributed by atoms with Gasteiger partial charge in [-0.25, -0.2) is 4.98 Å². The monoisotopic (exact) mass is 198 g/mol. The Hall–Kier alpha value is -0.480. The first kappa shape index (κ1) is 9.09. The Morgan fingerprint density at radius 2 is 2.23 bits per heavy atom. The highest BCUT2D eigenvalue weighted by molar-refractivity contribution is 7.99. The average Bonchev–Trinajstić information content (AvgIpc) is 2.57. The van der Waals surface area contributed by atoms with E-state index in [2.05, 4.69) is 4.98 Å². The minimum Gasteiger partial charge on any atom is -0.388 e. The summed E-state index contributed by atoms with van der Waals surface area (Å²) in [7, 11) is 0. The number of aliphatic hydroxyl groups is 1. The fourth-order valence-corrected chi connectivity index (χ4v) is 2.88. The zero-order valence-electron chi connectivity index (χ0n) is 7.52. The summed E-state index contributed by atoms with van der Waals surface area (Å²) in [6, 6.07) is 0. The van der Waals surface area contributed by atoms with Crippen molar-refractivity contribution in [2.24, 2.45) is 0 Å². The van der Waals surface area contributed by atoms with Crippen LogP contribution in [0, 0.1) is 0 Å². The maximum absolute atomic E-state index is 10.2. The topological polar surface area (TPSA) is 38.0 Å². The van der Waals surface area contributed by atoms with Crippen molar-refractivity contribution in [1.82, 2.24) is 9.55 Å². The zero-order valence-corrected chi connectivity index (χ0v) is 8.33. The molecule has 0 radical (unpaired) electrons. The van der Waals surface area contributed by atoms with E-state index in [1.165, 1.54) is 0 Å². The first-order valence-electron chi connectivity index (χ1n) is 4.54. The van der Waals surface area contributed by atoms with Crippen LogP contribution < -0.4 is 0 Å². The molecule has 3 nitrogen and oxygen atoms in total. The lowest BCUT2D eigenvalue weighted by atomic mass is 9.97. The molecular weight excluding hydrogens is 184 g/mol. The Labute approximate surface area is 82.2 Å². The molecule has 13 heavy (non-hydrogen) atoms. The zero-order chi connectivity index (χ0) is 9.15. The summed E-state index contributed by atoms with van der Waals surface area (Å²) in [5.41, 5.74) is -0.494. The van der Waals surface area contributed by atoms with Crippen molar-refractivity contribution in [1.29, 1.82) is 0 Å². The first-order chi connectivity index (χ1) is 6.29. The summed E-state index contributed by atoms with van der Waals surface area (Å²) in [6.45, 7) is 0.688. The number of aromatic nitrogens is 2. The minimum absolute atomic E-state index is 0.494. The third-order valence-corrected chi connectivity index (χ3v) is 3.45. The highest BCUT2D eigenvalue weighted by Crippen LogP contribution is 2.28. The van der Waals surface area contributed by atoms with E-state index in [9.17, 15) is 5.11 Å². The normalized spacial score (nSPS) is 21.6.